The van der Waals surface area contributed by atoms with Crippen LogP contribution in [-0.2, 0) is 0 Å². The molecule has 0 amide bonds. The lowest BCUT2D eigenvalue weighted by Crippen LogP contribution is -1.95. The minimum atomic E-state index is -0.120. The van der Waals surface area contributed by atoms with Crippen molar-refractivity contribution in [3.8, 4) is 0 Å². The van der Waals surface area contributed by atoms with Crippen LogP contribution in [0.5, 0.6) is 0 Å². The maximum atomic E-state index is 10.7. The van der Waals surface area contributed by atoms with E-state index in [1.165, 1.54) is 19.4 Å². The summed E-state index contributed by atoms with van der Waals surface area (Å²) in [4.78, 5) is 18.0. The molecule has 0 aliphatic heterocycles. The first-order chi connectivity index (χ1) is 4.72. The summed E-state index contributed by atoms with van der Waals surface area (Å²) in [5.41, 5.74) is 0.365. The summed E-state index contributed by atoms with van der Waals surface area (Å²) in [6.07, 6.45) is 2.70. The molecular formula is C6H5ClN2O. The van der Waals surface area contributed by atoms with Gasteiger partial charge in [-0.1, -0.05) is 11.6 Å². The van der Waals surface area contributed by atoms with Gasteiger partial charge in [-0.3, -0.25) is 4.79 Å². The lowest BCUT2D eigenvalue weighted by molar-refractivity contribution is 0.101. The summed E-state index contributed by atoms with van der Waals surface area (Å²) in [6, 6.07) is 0. The fraction of sp³-hybridized carbons (Fsp3) is 0.167. The summed E-state index contributed by atoms with van der Waals surface area (Å²) < 4.78 is 0. The van der Waals surface area contributed by atoms with Gasteiger partial charge < -0.3 is 0 Å². The van der Waals surface area contributed by atoms with Gasteiger partial charge in [0.15, 0.2) is 5.78 Å². The third-order valence-electron chi connectivity index (χ3n) is 1.04. The lowest BCUT2D eigenvalue weighted by atomic mass is 10.2. The third kappa shape index (κ3) is 1.30. The van der Waals surface area contributed by atoms with E-state index in [2.05, 4.69) is 9.97 Å². The molecule has 1 aromatic rings. The highest BCUT2D eigenvalue weighted by Gasteiger charge is 2.04. The number of nitrogens with zero attached hydrogens (tertiary/aromatic N) is 2. The largest absolute Gasteiger partial charge is 0.294 e. The Morgan fingerprint density at radius 2 is 2.40 bits per heavy atom. The molecule has 0 fully saturated rings. The van der Waals surface area contributed by atoms with Crippen molar-refractivity contribution in [2.45, 2.75) is 6.92 Å². The van der Waals surface area contributed by atoms with Crippen molar-refractivity contribution in [1.29, 1.82) is 0 Å². The van der Waals surface area contributed by atoms with Crippen molar-refractivity contribution in [1.82, 2.24) is 9.97 Å². The molecular weight excluding hydrogens is 152 g/mol. The second kappa shape index (κ2) is 2.75. The molecule has 0 saturated carbocycles. The zero-order valence-electron chi connectivity index (χ0n) is 5.34. The SMILES string of the molecule is CC(=O)c1cncnc1Cl. The van der Waals surface area contributed by atoms with Crippen molar-refractivity contribution < 1.29 is 4.79 Å². The average Bonchev–Trinajstić information content (AvgIpc) is 1.88. The van der Waals surface area contributed by atoms with Crippen LogP contribution in [-0.4, -0.2) is 15.8 Å². The molecule has 4 heteroatoms. The van der Waals surface area contributed by atoms with E-state index in [1.807, 2.05) is 0 Å². The van der Waals surface area contributed by atoms with Crippen LogP contribution in [0.15, 0.2) is 12.5 Å². The van der Waals surface area contributed by atoms with Crippen molar-refractivity contribution in [2.24, 2.45) is 0 Å². The molecule has 0 aromatic carbocycles. The van der Waals surface area contributed by atoms with Crippen molar-refractivity contribution in [3.63, 3.8) is 0 Å². The van der Waals surface area contributed by atoms with E-state index < -0.39 is 0 Å². The Kier molecular flexibility index (Phi) is 1.97. The van der Waals surface area contributed by atoms with Gasteiger partial charge in [-0.2, -0.15) is 0 Å². The topological polar surface area (TPSA) is 42.9 Å². The average molecular weight is 157 g/mol. The number of Topliss-reactive ketones (excluding diaryl/α,β-unsaturated/α-hetero) is 1. The van der Waals surface area contributed by atoms with E-state index in [9.17, 15) is 4.79 Å². The molecule has 52 valence electrons. The van der Waals surface area contributed by atoms with Crippen LogP contribution in [0.25, 0.3) is 0 Å². The first-order valence-electron chi connectivity index (χ1n) is 2.68. The highest BCUT2D eigenvalue weighted by molar-refractivity contribution is 6.32. The van der Waals surface area contributed by atoms with Gasteiger partial charge in [0.25, 0.3) is 0 Å². The van der Waals surface area contributed by atoms with Crippen LogP contribution in [0.3, 0.4) is 0 Å². The monoisotopic (exact) mass is 156 g/mol. The molecule has 0 bridgehead atoms. The molecule has 1 rings (SSSR count). The van der Waals surface area contributed by atoms with Crippen molar-refractivity contribution in [3.05, 3.63) is 23.2 Å². The Bertz CT molecular complexity index is 262. The van der Waals surface area contributed by atoms with Gasteiger partial charge in [-0.05, 0) is 6.92 Å². The number of carbonyl (C=O) groups excluding carboxylic acids is 1. The molecule has 1 aromatic heterocycles. The Balaban J connectivity index is 3.15. The molecule has 0 spiro atoms. The summed E-state index contributed by atoms with van der Waals surface area (Å²) in [5, 5.41) is 0.211. The number of rotatable bonds is 1. The Morgan fingerprint density at radius 1 is 1.70 bits per heavy atom. The van der Waals surface area contributed by atoms with Gasteiger partial charge in [-0.15, -0.1) is 0 Å². The number of hydrogen-bond donors (Lipinski definition) is 0. The minimum absolute atomic E-state index is 0.120. The summed E-state index contributed by atoms with van der Waals surface area (Å²) in [6.45, 7) is 1.42. The van der Waals surface area contributed by atoms with Crippen LogP contribution < -0.4 is 0 Å². The Hall–Kier alpha value is -0.960. The minimum Gasteiger partial charge on any atom is -0.294 e. The van der Waals surface area contributed by atoms with Crippen LogP contribution in [0.4, 0.5) is 0 Å². The quantitative estimate of drug-likeness (QED) is 0.455. The maximum Gasteiger partial charge on any atom is 0.164 e. The van der Waals surface area contributed by atoms with E-state index in [1.54, 1.807) is 0 Å². The predicted octanol–water partition coefficient (Wildman–Crippen LogP) is 1.33. The molecule has 0 N–H and O–H groups in total. The molecule has 0 radical (unpaired) electrons. The summed E-state index contributed by atoms with van der Waals surface area (Å²) in [5.74, 6) is -0.120. The molecule has 0 unspecified atom stereocenters. The predicted molar refractivity (Wildman–Crippen MR) is 37.0 cm³/mol. The normalized spacial score (nSPS) is 9.40. The van der Waals surface area contributed by atoms with Crippen LogP contribution in [0.1, 0.15) is 17.3 Å². The van der Waals surface area contributed by atoms with E-state index >= 15 is 0 Å². The molecule has 0 saturated heterocycles. The van der Waals surface area contributed by atoms with Gasteiger partial charge >= 0.3 is 0 Å². The number of hydrogen-bond acceptors (Lipinski definition) is 3. The zero-order valence-corrected chi connectivity index (χ0v) is 6.09. The van der Waals surface area contributed by atoms with E-state index in [-0.39, 0.29) is 10.9 Å². The molecule has 10 heavy (non-hydrogen) atoms. The van der Waals surface area contributed by atoms with Crippen molar-refractivity contribution in [2.75, 3.05) is 0 Å². The second-order valence-corrected chi connectivity index (χ2v) is 2.14. The number of aromatic nitrogens is 2. The van der Waals surface area contributed by atoms with E-state index in [0.29, 0.717) is 5.56 Å². The lowest BCUT2D eigenvalue weighted by Gasteiger charge is -1.93. The second-order valence-electron chi connectivity index (χ2n) is 1.78. The fourth-order valence-corrected chi connectivity index (χ4v) is 0.776. The Labute approximate surface area is 63.1 Å². The standard InChI is InChI=1S/C6H5ClN2O/c1-4(10)5-2-8-3-9-6(5)7/h2-3H,1H3. The number of halogens is 1. The highest BCUT2D eigenvalue weighted by Crippen LogP contribution is 2.09. The van der Waals surface area contributed by atoms with E-state index in [0.717, 1.165) is 0 Å². The van der Waals surface area contributed by atoms with Gasteiger partial charge in [0, 0.05) is 6.20 Å². The van der Waals surface area contributed by atoms with Gasteiger partial charge in [0.05, 0.1) is 5.56 Å². The number of carbonyl (C=O) groups is 1. The molecule has 1 heterocycles. The molecule has 0 aliphatic rings. The third-order valence-corrected chi connectivity index (χ3v) is 1.34. The van der Waals surface area contributed by atoms with Crippen molar-refractivity contribution >= 4 is 17.4 Å². The van der Waals surface area contributed by atoms with Gasteiger partial charge in [0.1, 0.15) is 11.5 Å². The first kappa shape index (κ1) is 7.15. The Morgan fingerprint density at radius 3 is 2.80 bits per heavy atom. The molecule has 0 atom stereocenters. The fourth-order valence-electron chi connectivity index (χ4n) is 0.551. The summed E-state index contributed by atoms with van der Waals surface area (Å²) >= 11 is 5.55. The number of ketones is 1. The zero-order chi connectivity index (χ0) is 7.56. The van der Waals surface area contributed by atoms with E-state index in [4.69, 9.17) is 11.6 Å². The maximum absolute atomic E-state index is 10.7. The van der Waals surface area contributed by atoms with Crippen LogP contribution in [0, 0.1) is 0 Å². The van der Waals surface area contributed by atoms with Crippen LogP contribution in [0.2, 0.25) is 5.15 Å². The summed E-state index contributed by atoms with van der Waals surface area (Å²) in [7, 11) is 0. The van der Waals surface area contributed by atoms with Crippen LogP contribution >= 0.6 is 11.6 Å². The highest BCUT2D eigenvalue weighted by atomic mass is 35.5. The smallest absolute Gasteiger partial charge is 0.164 e. The molecule has 0 aliphatic carbocycles. The molecule has 3 nitrogen and oxygen atoms in total. The first-order valence-corrected chi connectivity index (χ1v) is 3.06. The van der Waals surface area contributed by atoms with Gasteiger partial charge in [0.2, 0.25) is 0 Å². The van der Waals surface area contributed by atoms with Gasteiger partial charge in [-0.25, -0.2) is 9.97 Å².